The molecule has 1 aliphatic rings. The first kappa shape index (κ1) is 18.3. The number of alkyl carbamates (subject to hydrolysis) is 1. The predicted molar refractivity (Wildman–Crippen MR) is 96.5 cm³/mol. The molecule has 0 spiro atoms. The average Bonchev–Trinajstić information content (AvgIpc) is 2.40. The van der Waals surface area contributed by atoms with Crippen molar-refractivity contribution in [3.63, 3.8) is 0 Å². The van der Waals surface area contributed by atoms with E-state index in [9.17, 15) is 4.79 Å². The number of hydrogen-bond acceptors (Lipinski definition) is 3. The van der Waals surface area contributed by atoms with E-state index in [1.54, 1.807) is 0 Å². The number of carbonyl (C=O) groups excluding carboxylic acids is 1. The summed E-state index contributed by atoms with van der Waals surface area (Å²) in [5.74, 6) is 0. The smallest absolute Gasteiger partial charge is 0.407 e. The van der Waals surface area contributed by atoms with Gasteiger partial charge in [-0.25, -0.2) is 4.79 Å². The largest absolute Gasteiger partial charge is 0.444 e. The molecule has 1 aromatic rings. The average molecular weight is 383 g/mol. The molecule has 0 radical (unpaired) electrons. The van der Waals surface area contributed by atoms with E-state index in [0.717, 1.165) is 23.7 Å². The van der Waals surface area contributed by atoms with Gasteiger partial charge in [0.05, 0.1) is 0 Å². The van der Waals surface area contributed by atoms with Crippen LogP contribution in [0.15, 0.2) is 28.7 Å². The lowest BCUT2D eigenvalue weighted by Crippen LogP contribution is -2.53. The first-order valence-electron chi connectivity index (χ1n) is 8.28. The molecule has 0 heterocycles. The number of nitrogens with one attached hydrogen (secondary N) is 2. The lowest BCUT2D eigenvalue weighted by atomic mass is 9.85. The molecule has 0 bridgehead atoms. The number of carbonyl (C=O) groups is 1. The van der Waals surface area contributed by atoms with Crippen LogP contribution in [0, 0.1) is 0 Å². The molecule has 128 valence electrons. The maximum atomic E-state index is 11.7. The summed E-state index contributed by atoms with van der Waals surface area (Å²) in [7, 11) is 0. The zero-order valence-corrected chi connectivity index (χ0v) is 15.9. The second kappa shape index (κ2) is 7.67. The van der Waals surface area contributed by atoms with Gasteiger partial charge in [-0.05, 0) is 57.7 Å². The Kier molecular flexibility index (Phi) is 6.09. The van der Waals surface area contributed by atoms with E-state index >= 15 is 0 Å². The number of halogens is 1. The summed E-state index contributed by atoms with van der Waals surface area (Å²) < 4.78 is 6.39. The molecule has 1 atom stereocenters. The maximum Gasteiger partial charge on any atom is 0.407 e. The van der Waals surface area contributed by atoms with Gasteiger partial charge in [-0.2, -0.15) is 0 Å². The number of rotatable bonds is 5. The molecule has 0 aliphatic heterocycles. The summed E-state index contributed by atoms with van der Waals surface area (Å²) in [6.45, 7) is 7.82. The highest BCUT2D eigenvalue weighted by atomic mass is 79.9. The predicted octanol–water partition coefficient (Wildman–Crippen LogP) is 4.55. The van der Waals surface area contributed by atoms with Gasteiger partial charge in [0.15, 0.2) is 0 Å². The van der Waals surface area contributed by atoms with Crippen molar-refractivity contribution in [2.45, 2.75) is 70.7 Å². The highest BCUT2D eigenvalue weighted by Gasteiger charge is 2.32. The summed E-state index contributed by atoms with van der Waals surface area (Å²) in [5.41, 5.74) is 0.861. The van der Waals surface area contributed by atoms with Gasteiger partial charge in [0, 0.05) is 22.6 Å². The van der Waals surface area contributed by atoms with Crippen molar-refractivity contribution in [1.29, 1.82) is 0 Å². The Morgan fingerprint density at radius 3 is 2.39 bits per heavy atom. The topological polar surface area (TPSA) is 50.4 Å². The molecule has 5 heteroatoms. The number of ether oxygens (including phenoxy) is 1. The van der Waals surface area contributed by atoms with Crippen molar-refractivity contribution < 1.29 is 9.53 Å². The van der Waals surface area contributed by atoms with Crippen molar-refractivity contribution in [1.82, 2.24) is 10.6 Å². The van der Waals surface area contributed by atoms with Crippen LogP contribution in [-0.2, 0) is 4.74 Å². The Morgan fingerprint density at radius 2 is 1.87 bits per heavy atom. The standard InChI is InChI=1S/C18H27BrN2O2/c1-5-16(12-6-8-13(19)9-7-12)20-14-10-15(11-14)21-17(22)23-18(2,3)4/h6-9,14-16,20H,5,10-11H2,1-4H3,(H,21,22). The van der Waals surface area contributed by atoms with Gasteiger partial charge in [0.1, 0.15) is 5.60 Å². The maximum absolute atomic E-state index is 11.7. The van der Waals surface area contributed by atoms with Crippen LogP contribution >= 0.6 is 15.9 Å². The molecule has 1 fully saturated rings. The van der Waals surface area contributed by atoms with Crippen molar-refractivity contribution in [3.05, 3.63) is 34.3 Å². The summed E-state index contributed by atoms with van der Waals surface area (Å²) in [4.78, 5) is 11.7. The van der Waals surface area contributed by atoms with Gasteiger partial charge in [-0.1, -0.05) is 35.0 Å². The summed E-state index contributed by atoms with van der Waals surface area (Å²) in [6.07, 6.45) is 2.63. The van der Waals surface area contributed by atoms with Crippen LogP contribution < -0.4 is 10.6 Å². The number of hydrogen-bond donors (Lipinski definition) is 2. The zero-order chi connectivity index (χ0) is 17.0. The van der Waals surface area contributed by atoms with E-state index < -0.39 is 5.60 Å². The Balaban J connectivity index is 1.76. The minimum Gasteiger partial charge on any atom is -0.444 e. The molecule has 2 rings (SSSR count). The first-order valence-corrected chi connectivity index (χ1v) is 9.07. The van der Waals surface area contributed by atoms with Crippen molar-refractivity contribution in [2.75, 3.05) is 0 Å². The molecule has 1 unspecified atom stereocenters. The third kappa shape index (κ3) is 5.81. The fraction of sp³-hybridized carbons (Fsp3) is 0.611. The summed E-state index contributed by atoms with van der Waals surface area (Å²) in [5, 5.41) is 6.62. The zero-order valence-electron chi connectivity index (χ0n) is 14.4. The molecular formula is C18H27BrN2O2. The Morgan fingerprint density at radius 1 is 1.26 bits per heavy atom. The monoisotopic (exact) mass is 382 g/mol. The second-order valence-corrected chi connectivity index (χ2v) is 8.11. The third-order valence-electron chi connectivity index (χ3n) is 3.98. The minimum atomic E-state index is -0.444. The van der Waals surface area contributed by atoms with Gasteiger partial charge >= 0.3 is 6.09 Å². The van der Waals surface area contributed by atoms with E-state index in [1.807, 2.05) is 20.8 Å². The second-order valence-electron chi connectivity index (χ2n) is 7.19. The SMILES string of the molecule is CCC(NC1CC(NC(=O)OC(C)(C)C)C1)c1ccc(Br)cc1. The van der Waals surface area contributed by atoms with Crippen LogP contribution in [-0.4, -0.2) is 23.8 Å². The van der Waals surface area contributed by atoms with Gasteiger partial charge in [0.2, 0.25) is 0 Å². The van der Waals surface area contributed by atoms with Gasteiger partial charge < -0.3 is 15.4 Å². The lowest BCUT2D eigenvalue weighted by Gasteiger charge is -2.39. The van der Waals surface area contributed by atoms with Gasteiger partial charge in [0.25, 0.3) is 0 Å². The quantitative estimate of drug-likeness (QED) is 0.785. The van der Waals surface area contributed by atoms with Gasteiger partial charge in [-0.15, -0.1) is 0 Å². The molecule has 2 N–H and O–H groups in total. The van der Waals surface area contributed by atoms with E-state index in [2.05, 4.69) is 57.8 Å². The van der Waals surface area contributed by atoms with Gasteiger partial charge in [-0.3, -0.25) is 0 Å². The lowest BCUT2D eigenvalue weighted by molar-refractivity contribution is 0.0462. The first-order chi connectivity index (χ1) is 10.8. The van der Waals surface area contributed by atoms with Crippen molar-refractivity contribution >= 4 is 22.0 Å². The molecule has 0 aromatic heterocycles. The Hall–Kier alpha value is -1.07. The molecule has 0 saturated heterocycles. The molecule has 1 saturated carbocycles. The van der Waals surface area contributed by atoms with Crippen LogP contribution in [0.5, 0.6) is 0 Å². The van der Waals surface area contributed by atoms with E-state index in [4.69, 9.17) is 4.74 Å². The number of amides is 1. The van der Waals surface area contributed by atoms with Crippen LogP contribution in [0.2, 0.25) is 0 Å². The summed E-state index contributed by atoms with van der Waals surface area (Å²) in [6, 6.07) is 9.48. The molecule has 4 nitrogen and oxygen atoms in total. The van der Waals surface area contributed by atoms with E-state index in [1.165, 1.54) is 5.56 Å². The van der Waals surface area contributed by atoms with Crippen LogP contribution in [0.25, 0.3) is 0 Å². The van der Waals surface area contributed by atoms with Crippen LogP contribution in [0.3, 0.4) is 0 Å². The summed E-state index contributed by atoms with van der Waals surface area (Å²) >= 11 is 3.47. The van der Waals surface area contributed by atoms with Crippen molar-refractivity contribution in [3.8, 4) is 0 Å². The van der Waals surface area contributed by atoms with Crippen LogP contribution in [0.4, 0.5) is 4.79 Å². The van der Waals surface area contributed by atoms with E-state index in [-0.39, 0.29) is 12.1 Å². The van der Waals surface area contributed by atoms with E-state index in [0.29, 0.717) is 12.1 Å². The highest BCUT2D eigenvalue weighted by molar-refractivity contribution is 9.10. The fourth-order valence-corrected chi connectivity index (χ4v) is 3.04. The molecule has 1 amide bonds. The Bertz CT molecular complexity index is 519. The van der Waals surface area contributed by atoms with Crippen molar-refractivity contribution in [2.24, 2.45) is 0 Å². The third-order valence-corrected chi connectivity index (χ3v) is 4.51. The van der Waals surface area contributed by atoms with Crippen LogP contribution in [0.1, 0.15) is 58.6 Å². The molecule has 1 aliphatic carbocycles. The molecular weight excluding hydrogens is 356 g/mol. The molecule has 1 aromatic carbocycles. The normalized spacial score (nSPS) is 22.1. The minimum absolute atomic E-state index is 0.213. The number of benzene rings is 1. The highest BCUT2D eigenvalue weighted by Crippen LogP contribution is 2.26. The fourth-order valence-electron chi connectivity index (χ4n) is 2.78. The Labute approximate surface area is 147 Å². The molecule has 23 heavy (non-hydrogen) atoms.